The van der Waals surface area contributed by atoms with Crippen LogP contribution in [0.25, 0.3) is 0 Å². The van der Waals surface area contributed by atoms with Gasteiger partial charge in [-0.3, -0.25) is 9.59 Å². The zero-order valence-corrected chi connectivity index (χ0v) is 21.1. The maximum Gasteiger partial charge on any atom is 0.309 e. The summed E-state index contributed by atoms with van der Waals surface area (Å²) >= 11 is 0. The quantitative estimate of drug-likeness (QED) is 0.310. The minimum atomic E-state index is -0.325. The molecule has 2 heterocycles. The molecule has 0 atom stereocenters. The third kappa shape index (κ3) is 7.47. The molecule has 192 valence electrons. The van der Waals surface area contributed by atoms with Gasteiger partial charge in [0, 0.05) is 38.8 Å². The summed E-state index contributed by atoms with van der Waals surface area (Å²) in [7, 11) is 1.36. The molecule has 0 spiro atoms. The fourth-order valence-electron chi connectivity index (χ4n) is 4.08. The zero-order chi connectivity index (χ0) is 25.9. The predicted molar refractivity (Wildman–Crippen MR) is 141 cm³/mol. The summed E-state index contributed by atoms with van der Waals surface area (Å²) in [5.41, 5.74) is 3.23. The molecule has 8 heteroatoms. The minimum Gasteiger partial charge on any atom is -0.469 e. The highest BCUT2D eigenvalue weighted by Gasteiger charge is 2.23. The van der Waals surface area contributed by atoms with E-state index in [9.17, 15) is 9.59 Å². The molecule has 37 heavy (non-hydrogen) atoms. The lowest BCUT2D eigenvalue weighted by Gasteiger charge is -2.28. The van der Waals surface area contributed by atoms with Crippen LogP contribution in [0, 0.1) is 0 Å². The summed E-state index contributed by atoms with van der Waals surface area (Å²) in [5.74, 6) is 0.124. The second kappa shape index (κ2) is 13.3. The van der Waals surface area contributed by atoms with Crippen molar-refractivity contribution in [3.8, 4) is 0 Å². The summed E-state index contributed by atoms with van der Waals surface area (Å²) in [4.78, 5) is 38.7. The van der Waals surface area contributed by atoms with Gasteiger partial charge in [-0.2, -0.15) is 0 Å². The van der Waals surface area contributed by atoms with Gasteiger partial charge >= 0.3 is 5.97 Å². The molecule has 4 rings (SSSR count). The van der Waals surface area contributed by atoms with E-state index in [0.29, 0.717) is 63.0 Å². The third-order valence-electron chi connectivity index (χ3n) is 6.10. The fraction of sp³-hybridized carbons (Fsp3) is 0.310. The third-order valence-corrected chi connectivity index (χ3v) is 6.10. The van der Waals surface area contributed by atoms with Crippen molar-refractivity contribution in [2.75, 3.05) is 44.9 Å². The van der Waals surface area contributed by atoms with Gasteiger partial charge in [0.25, 0.3) is 5.91 Å². The van der Waals surface area contributed by atoms with E-state index in [0.717, 1.165) is 11.1 Å². The Labute approximate surface area is 217 Å². The Kier molecular flexibility index (Phi) is 9.37. The topological polar surface area (TPSA) is 84.9 Å². The molecular formula is C29H32N4O4. The maximum absolute atomic E-state index is 13.9. The van der Waals surface area contributed by atoms with Crippen LogP contribution in [-0.2, 0) is 27.2 Å². The SMILES string of the molecule is COC(=O)C/C=C/CN(Cc1ccccc1)C(=O)c1cnc(N2CCOCC2)nc1Cc1ccccc1. The number of amides is 1. The average Bonchev–Trinajstić information content (AvgIpc) is 2.95. The molecular weight excluding hydrogens is 468 g/mol. The number of carbonyl (C=O) groups excluding carboxylic acids is 2. The van der Waals surface area contributed by atoms with Crippen LogP contribution in [0.2, 0.25) is 0 Å². The first-order valence-corrected chi connectivity index (χ1v) is 12.4. The van der Waals surface area contributed by atoms with Gasteiger partial charge in [-0.1, -0.05) is 72.8 Å². The lowest BCUT2D eigenvalue weighted by molar-refractivity contribution is -0.139. The Hall–Kier alpha value is -4.04. The molecule has 1 fully saturated rings. The number of aromatic nitrogens is 2. The van der Waals surface area contributed by atoms with Gasteiger partial charge in [0.1, 0.15) is 0 Å². The highest BCUT2D eigenvalue weighted by Crippen LogP contribution is 2.20. The van der Waals surface area contributed by atoms with E-state index >= 15 is 0 Å². The van der Waals surface area contributed by atoms with Crippen LogP contribution >= 0.6 is 0 Å². The number of carbonyl (C=O) groups is 2. The van der Waals surface area contributed by atoms with Gasteiger partial charge in [0.15, 0.2) is 0 Å². The van der Waals surface area contributed by atoms with E-state index in [1.165, 1.54) is 7.11 Å². The average molecular weight is 501 g/mol. The summed E-state index contributed by atoms with van der Waals surface area (Å²) in [6, 6.07) is 19.8. The van der Waals surface area contributed by atoms with Crippen LogP contribution in [0.4, 0.5) is 5.95 Å². The molecule has 0 unspecified atom stereocenters. The highest BCUT2D eigenvalue weighted by atomic mass is 16.5. The van der Waals surface area contributed by atoms with E-state index in [1.54, 1.807) is 17.2 Å². The Morgan fingerprint density at radius 3 is 2.35 bits per heavy atom. The van der Waals surface area contributed by atoms with Gasteiger partial charge < -0.3 is 19.3 Å². The monoisotopic (exact) mass is 500 g/mol. The Balaban J connectivity index is 1.64. The first-order chi connectivity index (χ1) is 18.1. The summed E-state index contributed by atoms with van der Waals surface area (Å²) in [5, 5.41) is 0. The number of nitrogens with zero attached hydrogens (tertiary/aromatic N) is 4. The smallest absolute Gasteiger partial charge is 0.309 e. The Morgan fingerprint density at radius 2 is 1.68 bits per heavy atom. The van der Waals surface area contributed by atoms with E-state index < -0.39 is 0 Å². The number of morpholine rings is 1. The van der Waals surface area contributed by atoms with Crippen molar-refractivity contribution in [2.24, 2.45) is 0 Å². The molecule has 0 bridgehead atoms. The van der Waals surface area contributed by atoms with Gasteiger partial charge in [-0.05, 0) is 11.1 Å². The largest absolute Gasteiger partial charge is 0.469 e. The highest BCUT2D eigenvalue weighted by molar-refractivity contribution is 5.95. The molecule has 0 N–H and O–H groups in total. The molecule has 0 saturated carbocycles. The molecule has 0 radical (unpaired) electrons. The van der Waals surface area contributed by atoms with Crippen molar-refractivity contribution in [3.05, 3.63) is 101 Å². The molecule has 3 aromatic rings. The van der Waals surface area contributed by atoms with Crippen molar-refractivity contribution in [2.45, 2.75) is 19.4 Å². The minimum absolute atomic E-state index is 0.153. The van der Waals surface area contributed by atoms with Crippen LogP contribution in [0.3, 0.4) is 0 Å². The van der Waals surface area contributed by atoms with E-state index in [4.69, 9.17) is 14.5 Å². The molecule has 1 aliphatic heterocycles. The van der Waals surface area contributed by atoms with Crippen molar-refractivity contribution in [1.29, 1.82) is 0 Å². The van der Waals surface area contributed by atoms with Gasteiger partial charge in [-0.15, -0.1) is 0 Å². The molecule has 1 saturated heterocycles. The lowest BCUT2D eigenvalue weighted by atomic mass is 10.0. The second-order valence-corrected chi connectivity index (χ2v) is 8.72. The molecule has 2 aromatic carbocycles. The van der Waals surface area contributed by atoms with E-state index in [-0.39, 0.29) is 18.3 Å². The first kappa shape index (κ1) is 26.0. The fourth-order valence-corrected chi connectivity index (χ4v) is 4.08. The normalized spacial score (nSPS) is 13.5. The van der Waals surface area contributed by atoms with Crippen LogP contribution in [0.5, 0.6) is 0 Å². The number of hydrogen-bond acceptors (Lipinski definition) is 7. The van der Waals surface area contributed by atoms with Crippen molar-refractivity contribution in [3.63, 3.8) is 0 Å². The first-order valence-electron chi connectivity index (χ1n) is 12.4. The summed E-state index contributed by atoms with van der Waals surface area (Å²) < 4.78 is 10.2. The van der Waals surface area contributed by atoms with Crippen molar-refractivity contribution >= 4 is 17.8 Å². The summed E-state index contributed by atoms with van der Waals surface area (Å²) in [6.45, 7) is 3.42. The molecule has 0 aliphatic carbocycles. The van der Waals surface area contributed by atoms with Gasteiger partial charge in [-0.25, -0.2) is 9.97 Å². The van der Waals surface area contributed by atoms with Crippen LogP contribution in [0.15, 0.2) is 79.0 Å². The number of methoxy groups -OCH3 is 1. The standard InChI is InChI=1S/C29H32N4O4/c1-36-27(34)14-8-9-15-33(22-24-12-6-3-7-13-24)28(35)25-21-30-29(32-16-18-37-19-17-32)31-26(25)20-23-10-4-2-5-11-23/h2-13,21H,14-20,22H2,1H3/b9-8+. The van der Waals surface area contributed by atoms with Crippen molar-refractivity contribution in [1.82, 2.24) is 14.9 Å². The lowest BCUT2D eigenvalue weighted by Crippen LogP contribution is -2.38. The summed E-state index contributed by atoms with van der Waals surface area (Å²) in [6.07, 6.45) is 5.85. The second-order valence-electron chi connectivity index (χ2n) is 8.72. The number of rotatable bonds is 10. The maximum atomic E-state index is 13.9. The number of esters is 1. The number of hydrogen-bond donors (Lipinski definition) is 0. The van der Waals surface area contributed by atoms with Crippen LogP contribution in [-0.4, -0.2) is 66.7 Å². The zero-order valence-electron chi connectivity index (χ0n) is 21.1. The van der Waals surface area contributed by atoms with E-state index in [1.807, 2.05) is 66.7 Å². The van der Waals surface area contributed by atoms with Gasteiger partial charge in [0.2, 0.25) is 5.95 Å². The number of benzene rings is 2. The molecule has 1 amide bonds. The predicted octanol–water partition coefficient (Wildman–Crippen LogP) is 3.67. The Morgan fingerprint density at radius 1 is 1.00 bits per heavy atom. The van der Waals surface area contributed by atoms with Crippen LogP contribution < -0.4 is 4.90 Å². The van der Waals surface area contributed by atoms with E-state index in [2.05, 4.69) is 9.88 Å². The van der Waals surface area contributed by atoms with Crippen LogP contribution in [0.1, 0.15) is 33.6 Å². The molecule has 8 nitrogen and oxygen atoms in total. The number of anilines is 1. The molecule has 1 aliphatic rings. The van der Waals surface area contributed by atoms with Crippen molar-refractivity contribution < 1.29 is 19.1 Å². The van der Waals surface area contributed by atoms with Gasteiger partial charge in [0.05, 0.1) is 38.0 Å². The number of ether oxygens (including phenoxy) is 2. The Bertz CT molecular complexity index is 1200. The molecule has 1 aromatic heterocycles.